The number of nitro groups is 1. The summed E-state index contributed by atoms with van der Waals surface area (Å²) in [6.45, 7) is 4.22. The number of aromatic nitrogens is 2. The average Bonchev–Trinajstić information content (AvgIpc) is 2.68. The smallest absolute Gasteiger partial charge is 0.269 e. The summed E-state index contributed by atoms with van der Waals surface area (Å²) >= 11 is 1.40. The number of ether oxygens (including phenoxy) is 1. The quantitative estimate of drug-likeness (QED) is 0.254. The summed E-state index contributed by atoms with van der Waals surface area (Å²) in [7, 11) is 1.59. The van der Waals surface area contributed by atoms with Gasteiger partial charge in [-0.15, -0.1) is 0 Å². The van der Waals surface area contributed by atoms with Gasteiger partial charge in [0, 0.05) is 24.5 Å². The largest absolute Gasteiger partial charge is 0.383 e. The lowest BCUT2D eigenvalue weighted by molar-refractivity contribution is -0.384. The zero-order chi connectivity index (χ0) is 20.3. The van der Waals surface area contributed by atoms with Crippen molar-refractivity contribution < 1.29 is 9.66 Å². The number of hydrogen-bond donors (Lipinski definition) is 0. The maximum atomic E-state index is 13.1. The zero-order valence-electron chi connectivity index (χ0n) is 15.9. The number of fused-ring (bicyclic) bond motifs is 1. The van der Waals surface area contributed by atoms with Crippen LogP contribution < -0.4 is 5.56 Å². The highest BCUT2D eigenvalue weighted by Crippen LogP contribution is 2.35. The van der Waals surface area contributed by atoms with Gasteiger partial charge >= 0.3 is 0 Å². The second-order valence-electron chi connectivity index (χ2n) is 6.50. The molecule has 0 aliphatic rings. The number of para-hydroxylation sites is 1. The highest BCUT2D eigenvalue weighted by molar-refractivity contribution is 7.99. The van der Waals surface area contributed by atoms with Crippen molar-refractivity contribution in [3.8, 4) is 0 Å². The lowest BCUT2D eigenvalue weighted by Gasteiger charge is -2.21. The third kappa shape index (κ3) is 4.07. The first-order valence-electron chi connectivity index (χ1n) is 8.83. The Bertz CT molecular complexity index is 1070. The Labute approximate surface area is 166 Å². The van der Waals surface area contributed by atoms with Gasteiger partial charge in [0.05, 0.1) is 28.5 Å². The molecular weight excluding hydrogens is 378 g/mol. The predicted molar refractivity (Wildman–Crippen MR) is 110 cm³/mol. The van der Waals surface area contributed by atoms with Crippen molar-refractivity contribution in [1.82, 2.24) is 9.55 Å². The van der Waals surface area contributed by atoms with E-state index >= 15 is 0 Å². The second-order valence-corrected chi connectivity index (χ2v) is 7.81. The summed E-state index contributed by atoms with van der Waals surface area (Å²) in [5.74, 6) is 0. The summed E-state index contributed by atoms with van der Waals surface area (Å²) in [6, 6.07) is 13.6. The van der Waals surface area contributed by atoms with E-state index in [-0.39, 0.29) is 22.5 Å². The monoisotopic (exact) mass is 399 g/mol. The molecule has 0 saturated heterocycles. The van der Waals surface area contributed by atoms with Crippen LogP contribution >= 0.6 is 11.8 Å². The van der Waals surface area contributed by atoms with Gasteiger partial charge < -0.3 is 4.74 Å². The molecule has 2 atom stereocenters. The Morgan fingerprint density at radius 3 is 2.68 bits per heavy atom. The summed E-state index contributed by atoms with van der Waals surface area (Å²) in [6.07, 6.45) is 0. The summed E-state index contributed by atoms with van der Waals surface area (Å²) < 4.78 is 6.88. The Balaban J connectivity index is 2.06. The lowest BCUT2D eigenvalue weighted by Crippen LogP contribution is -2.28. The van der Waals surface area contributed by atoms with Gasteiger partial charge in [-0.05, 0) is 31.5 Å². The van der Waals surface area contributed by atoms with Gasteiger partial charge in [-0.3, -0.25) is 19.5 Å². The molecule has 0 fully saturated rings. The molecular formula is C20H21N3O4S. The van der Waals surface area contributed by atoms with Crippen molar-refractivity contribution in [2.24, 2.45) is 0 Å². The number of nitro benzene ring substituents is 1. The SMILES string of the molecule is COCC(C)n1c(SC(C)c2cccc([N+](=O)[O-])c2)nc2ccccc2c1=O. The third-order valence-electron chi connectivity index (χ3n) is 4.46. The minimum Gasteiger partial charge on any atom is -0.383 e. The van der Waals surface area contributed by atoms with Crippen LogP contribution in [0.5, 0.6) is 0 Å². The molecule has 2 aromatic carbocycles. The van der Waals surface area contributed by atoms with Gasteiger partial charge in [-0.1, -0.05) is 36.0 Å². The first-order valence-corrected chi connectivity index (χ1v) is 9.71. The molecule has 0 spiro atoms. The number of methoxy groups -OCH3 is 1. The molecule has 2 unspecified atom stereocenters. The standard InChI is InChI=1S/C20H21N3O4S/c1-13(12-27-3)22-19(24)17-9-4-5-10-18(17)21-20(22)28-14(2)15-7-6-8-16(11-15)23(25)26/h4-11,13-14H,12H2,1-3H3. The van der Waals surface area contributed by atoms with Gasteiger partial charge in [0.1, 0.15) is 0 Å². The number of non-ortho nitro benzene ring substituents is 1. The van der Waals surface area contributed by atoms with Gasteiger partial charge in [-0.25, -0.2) is 4.98 Å². The van der Waals surface area contributed by atoms with Crippen molar-refractivity contribution in [2.75, 3.05) is 13.7 Å². The van der Waals surface area contributed by atoms with Crippen molar-refractivity contribution in [2.45, 2.75) is 30.3 Å². The zero-order valence-corrected chi connectivity index (χ0v) is 16.7. The Morgan fingerprint density at radius 1 is 1.21 bits per heavy atom. The van der Waals surface area contributed by atoms with E-state index in [0.29, 0.717) is 22.7 Å². The van der Waals surface area contributed by atoms with Crippen LogP contribution in [0.15, 0.2) is 58.5 Å². The molecule has 0 aliphatic carbocycles. The van der Waals surface area contributed by atoms with Crippen LogP contribution in [-0.4, -0.2) is 28.2 Å². The fourth-order valence-corrected chi connectivity index (χ4v) is 4.16. The van der Waals surface area contributed by atoms with Crippen LogP contribution in [0.2, 0.25) is 0 Å². The maximum absolute atomic E-state index is 13.1. The molecule has 28 heavy (non-hydrogen) atoms. The molecule has 0 N–H and O–H groups in total. The van der Waals surface area contributed by atoms with Gasteiger partial charge in [-0.2, -0.15) is 0 Å². The molecule has 0 radical (unpaired) electrons. The fraction of sp³-hybridized carbons (Fsp3) is 0.300. The van der Waals surface area contributed by atoms with Crippen LogP contribution in [0.25, 0.3) is 10.9 Å². The Kier molecular flexibility index (Phi) is 6.11. The van der Waals surface area contributed by atoms with E-state index in [1.54, 1.807) is 29.9 Å². The highest BCUT2D eigenvalue weighted by Gasteiger charge is 2.20. The third-order valence-corrected chi connectivity index (χ3v) is 5.58. The van der Waals surface area contributed by atoms with E-state index in [1.807, 2.05) is 38.1 Å². The number of thioether (sulfide) groups is 1. The summed E-state index contributed by atoms with van der Waals surface area (Å²) in [5.41, 5.74) is 1.35. The van der Waals surface area contributed by atoms with E-state index in [0.717, 1.165) is 5.56 Å². The van der Waals surface area contributed by atoms with Crippen LogP contribution in [-0.2, 0) is 4.74 Å². The molecule has 7 nitrogen and oxygen atoms in total. The molecule has 3 rings (SSSR count). The number of hydrogen-bond acceptors (Lipinski definition) is 6. The molecule has 0 bridgehead atoms. The molecule has 0 amide bonds. The molecule has 0 aliphatic heterocycles. The normalized spacial score (nSPS) is 13.4. The molecule has 146 valence electrons. The van der Waals surface area contributed by atoms with Crippen LogP contribution in [0.1, 0.15) is 30.7 Å². The number of benzene rings is 2. The van der Waals surface area contributed by atoms with Crippen molar-refractivity contribution in [3.63, 3.8) is 0 Å². The van der Waals surface area contributed by atoms with Crippen molar-refractivity contribution in [1.29, 1.82) is 0 Å². The topological polar surface area (TPSA) is 87.3 Å². The van der Waals surface area contributed by atoms with E-state index in [9.17, 15) is 14.9 Å². The van der Waals surface area contributed by atoms with E-state index < -0.39 is 4.92 Å². The molecule has 1 aromatic heterocycles. The first kappa shape index (κ1) is 20.0. The number of nitrogens with zero attached hydrogens (tertiary/aromatic N) is 3. The lowest BCUT2D eigenvalue weighted by atomic mass is 10.1. The first-order chi connectivity index (χ1) is 13.4. The number of rotatable bonds is 7. The van der Waals surface area contributed by atoms with Crippen LogP contribution in [0.3, 0.4) is 0 Å². The van der Waals surface area contributed by atoms with Crippen molar-refractivity contribution >= 4 is 28.4 Å². The van der Waals surface area contributed by atoms with E-state index in [1.165, 1.54) is 17.8 Å². The van der Waals surface area contributed by atoms with Gasteiger partial charge in [0.25, 0.3) is 11.2 Å². The molecule has 0 saturated carbocycles. The maximum Gasteiger partial charge on any atom is 0.269 e. The Morgan fingerprint density at radius 2 is 1.96 bits per heavy atom. The van der Waals surface area contributed by atoms with Crippen LogP contribution in [0, 0.1) is 10.1 Å². The van der Waals surface area contributed by atoms with Crippen LogP contribution in [0.4, 0.5) is 5.69 Å². The van der Waals surface area contributed by atoms with E-state index in [4.69, 9.17) is 9.72 Å². The summed E-state index contributed by atoms with van der Waals surface area (Å²) in [4.78, 5) is 28.4. The average molecular weight is 399 g/mol. The van der Waals surface area contributed by atoms with Crippen molar-refractivity contribution in [3.05, 3.63) is 74.6 Å². The molecule has 1 heterocycles. The highest BCUT2D eigenvalue weighted by atomic mass is 32.2. The second kappa shape index (κ2) is 8.53. The predicted octanol–water partition coefficient (Wildman–Crippen LogP) is 4.37. The summed E-state index contributed by atoms with van der Waals surface area (Å²) in [5, 5.41) is 12.1. The molecule has 8 heteroatoms. The minimum absolute atomic E-state index is 0.0431. The van der Waals surface area contributed by atoms with Gasteiger partial charge in [0.15, 0.2) is 5.16 Å². The Hall–Kier alpha value is -2.71. The molecule has 3 aromatic rings. The van der Waals surface area contributed by atoms with E-state index in [2.05, 4.69) is 0 Å². The minimum atomic E-state index is -0.411. The fourth-order valence-electron chi connectivity index (χ4n) is 3.03. The van der Waals surface area contributed by atoms with Gasteiger partial charge in [0.2, 0.25) is 0 Å².